The zero-order valence-corrected chi connectivity index (χ0v) is 13.5. The average molecular weight is 313 g/mol. The molecule has 0 spiro atoms. The van der Waals surface area contributed by atoms with Crippen molar-refractivity contribution in [1.82, 2.24) is 0 Å². The van der Waals surface area contributed by atoms with Crippen molar-refractivity contribution in [2.75, 3.05) is 0 Å². The zero-order chi connectivity index (χ0) is 15.9. The molecule has 5 heteroatoms. The van der Waals surface area contributed by atoms with Crippen molar-refractivity contribution in [2.45, 2.75) is 51.4 Å². The predicted molar refractivity (Wildman–Crippen MR) is 79.6 cm³/mol. The van der Waals surface area contributed by atoms with Crippen molar-refractivity contribution in [1.29, 1.82) is 0 Å². The second-order valence-corrected chi connectivity index (χ2v) is 6.80. The van der Waals surface area contributed by atoms with Gasteiger partial charge in [-0.2, -0.15) is 0 Å². The van der Waals surface area contributed by atoms with Crippen LogP contribution >= 0.6 is 11.6 Å². The number of halogens is 1. The number of aliphatic hydroxyl groups is 1. The SMILES string of the molecule is CC(O)CC(C)(C)C1(C)OOC1(C(=O)Cl)c1ccccc1. The van der Waals surface area contributed by atoms with E-state index in [4.69, 9.17) is 21.4 Å². The molecule has 1 saturated heterocycles. The summed E-state index contributed by atoms with van der Waals surface area (Å²) in [5, 5.41) is 9.11. The predicted octanol–water partition coefficient (Wildman–Crippen LogP) is 3.16. The molecule has 1 N–H and O–H groups in total. The summed E-state index contributed by atoms with van der Waals surface area (Å²) >= 11 is 5.89. The Morgan fingerprint density at radius 3 is 2.29 bits per heavy atom. The van der Waals surface area contributed by atoms with Crippen LogP contribution in [0.15, 0.2) is 30.3 Å². The minimum atomic E-state index is -1.37. The Bertz CT molecular complexity index is 528. The van der Waals surface area contributed by atoms with Gasteiger partial charge in [0, 0.05) is 5.41 Å². The normalized spacial score (nSPS) is 30.6. The topological polar surface area (TPSA) is 55.8 Å². The number of rotatable bonds is 5. The summed E-state index contributed by atoms with van der Waals surface area (Å²) in [7, 11) is 0. The first kappa shape index (κ1) is 16.4. The lowest BCUT2D eigenvalue weighted by atomic mass is 9.61. The van der Waals surface area contributed by atoms with Gasteiger partial charge in [0.2, 0.25) is 5.60 Å². The molecule has 0 amide bonds. The van der Waals surface area contributed by atoms with Crippen LogP contribution in [-0.2, 0) is 20.2 Å². The van der Waals surface area contributed by atoms with E-state index in [2.05, 4.69) is 0 Å². The van der Waals surface area contributed by atoms with E-state index in [1.807, 2.05) is 32.0 Å². The maximum absolute atomic E-state index is 12.2. The van der Waals surface area contributed by atoms with Gasteiger partial charge in [-0.25, -0.2) is 9.78 Å². The molecule has 3 atom stereocenters. The van der Waals surface area contributed by atoms with Crippen LogP contribution in [0.2, 0.25) is 0 Å². The standard InChI is InChI=1S/C16H21ClO4/c1-11(18)10-14(2,3)15(4)16(13(17)19,21-20-15)12-8-6-5-7-9-12/h5-9,11,18H,10H2,1-4H3. The summed E-state index contributed by atoms with van der Waals surface area (Å²) in [6, 6.07) is 9.08. The van der Waals surface area contributed by atoms with Gasteiger partial charge in [-0.1, -0.05) is 44.2 Å². The molecule has 1 aromatic rings. The molecule has 3 unspecified atom stereocenters. The smallest absolute Gasteiger partial charge is 0.264 e. The number of benzene rings is 1. The molecule has 2 rings (SSSR count). The van der Waals surface area contributed by atoms with Crippen molar-refractivity contribution in [3.8, 4) is 0 Å². The molecule has 4 nitrogen and oxygen atoms in total. The molecular formula is C16H21ClO4. The second-order valence-electron chi connectivity index (χ2n) is 6.46. The summed E-state index contributed by atoms with van der Waals surface area (Å²) in [6.45, 7) is 7.36. The van der Waals surface area contributed by atoms with Gasteiger partial charge in [-0.15, -0.1) is 0 Å². The Morgan fingerprint density at radius 1 is 1.33 bits per heavy atom. The summed E-state index contributed by atoms with van der Waals surface area (Å²) < 4.78 is 0. The first-order valence-electron chi connectivity index (χ1n) is 6.98. The van der Waals surface area contributed by atoms with Gasteiger partial charge in [0.15, 0.2) is 5.60 Å². The Kier molecular flexibility index (Phi) is 4.19. The van der Waals surface area contributed by atoms with Gasteiger partial charge in [-0.05, 0) is 37.4 Å². The summed E-state index contributed by atoms with van der Waals surface area (Å²) in [4.78, 5) is 22.9. The van der Waals surface area contributed by atoms with Gasteiger partial charge in [0.05, 0.1) is 6.10 Å². The van der Waals surface area contributed by atoms with E-state index in [0.717, 1.165) is 0 Å². The van der Waals surface area contributed by atoms with Gasteiger partial charge in [0.1, 0.15) is 0 Å². The molecule has 116 valence electrons. The Morgan fingerprint density at radius 2 is 1.90 bits per heavy atom. The van der Waals surface area contributed by atoms with Crippen molar-refractivity contribution < 1.29 is 19.7 Å². The lowest BCUT2D eigenvalue weighted by Crippen LogP contribution is -2.72. The first-order valence-corrected chi connectivity index (χ1v) is 7.35. The summed E-state index contributed by atoms with van der Waals surface area (Å²) in [5.41, 5.74) is -2.22. The van der Waals surface area contributed by atoms with Gasteiger partial charge < -0.3 is 5.11 Å². The average Bonchev–Trinajstić information content (AvgIpc) is 2.36. The van der Waals surface area contributed by atoms with Crippen molar-refractivity contribution >= 4 is 16.8 Å². The summed E-state index contributed by atoms with van der Waals surface area (Å²) in [5.74, 6) is 0. The largest absolute Gasteiger partial charge is 0.393 e. The molecule has 0 bridgehead atoms. The Hall–Kier alpha value is -0.940. The maximum atomic E-state index is 12.2. The van der Waals surface area contributed by atoms with Crippen LogP contribution in [0.5, 0.6) is 0 Å². The van der Waals surface area contributed by atoms with Crippen molar-refractivity contribution in [3.05, 3.63) is 35.9 Å². The van der Waals surface area contributed by atoms with E-state index < -0.39 is 28.0 Å². The molecule has 21 heavy (non-hydrogen) atoms. The van der Waals surface area contributed by atoms with E-state index in [9.17, 15) is 9.90 Å². The van der Waals surface area contributed by atoms with Crippen molar-refractivity contribution in [2.24, 2.45) is 5.41 Å². The van der Waals surface area contributed by atoms with Gasteiger partial charge in [0.25, 0.3) is 5.24 Å². The highest BCUT2D eigenvalue weighted by Crippen LogP contribution is 2.59. The maximum Gasteiger partial charge on any atom is 0.264 e. The second kappa shape index (κ2) is 5.36. The number of carbonyl (C=O) groups excluding carboxylic acids is 1. The molecule has 0 saturated carbocycles. The van der Waals surface area contributed by atoms with E-state index in [-0.39, 0.29) is 0 Å². The van der Waals surface area contributed by atoms with Crippen LogP contribution < -0.4 is 0 Å². The molecule has 1 aliphatic rings. The van der Waals surface area contributed by atoms with Gasteiger partial charge >= 0.3 is 0 Å². The Balaban J connectivity index is 2.51. The monoisotopic (exact) mass is 312 g/mol. The fourth-order valence-corrected chi connectivity index (χ4v) is 3.42. The number of hydrogen-bond donors (Lipinski definition) is 1. The van der Waals surface area contributed by atoms with Crippen LogP contribution in [0.1, 0.15) is 39.7 Å². The first-order chi connectivity index (χ1) is 9.67. The highest BCUT2D eigenvalue weighted by molar-refractivity contribution is 6.65. The molecule has 1 aliphatic heterocycles. The highest BCUT2D eigenvalue weighted by atomic mass is 35.5. The molecule has 0 aromatic heterocycles. The van der Waals surface area contributed by atoms with Gasteiger partial charge in [-0.3, -0.25) is 4.79 Å². The summed E-state index contributed by atoms with van der Waals surface area (Å²) in [6.07, 6.45) is -0.0778. The number of carbonyl (C=O) groups is 1. The third-order valence-electron chi connectivity index (χ3n) is 4.56. The molecule has 1 heterocycles. The molecule has 1 aromatic carbocycles. The van der Waals surface area contributed by atoms with Crippen LogP contribution in [0, 0.1) is 5.41 Å². The fraction of sp³-hybridized carbons (Fsp3) is 0.562. The van der Waals surface area contributed by atoms with E-state index in [1.165, 1.54) is 0 Å². The zero-order valence-electron chi connectivity index (χ0n) is 12.7. The lowest BCUT2D eigenvalue weighted by molar-refractivity contribution is -0.560. The Labute approximate surface area is 129 Å². The number of hydrogen-bond acceptors (Lipinski definition) is 4. The minimum Gasteiger partial charge on any atom is -0.393 e. The number of aliphatic hydroxyl groups excluding tert-OH is 1. The van der Waals surface area contributed by atoms with Crippen molar-refractivity contribution in [3.63, 3.8) is 0 Å². The van der Waals surface area contributed by atoms with Crippen LogP contribution in [0.25, 0.3) is 0 Å². The molecule has 0 radical (unpaired) electrons. The molecule has 0 aliphatic carbocycles. The van der Waals surface area contributed by atoms with E-state index in [0.29, 0.717) is 12.0 Å². The van der Waals surface area contributed by atoms with Crippen LogP contribution in [0.4, 0.5) is 0 Å². The fourth-order valence-electron chi connectivity index (χ4n) is 3.10. The molecule has 1 fully saturated rings. The lowest BCUT2D eigenvalue weighted by Gasteiger charge is -2.59. The van der Waals surface area contributed by atoms with Crippen LogP contribution in [0.3, 0.4) is 0 Å². The minimum absolute atomic E-state index is 0.450. The third kappa shape index (κ3) is 2.30. The van der Waals surface area contributed by atoms with Crippen LogP contribution in [-0.4, -0.2) is 22.1 Å². The molecular weight excluding hydrogens is 292 g/mol. The van der Waals surface area contributed by atoms with E-state index >= 15 is 0 Å². The quantitative estimate of drug-likeness (QED) is 0.670. The highest BCUT2D eigenvalue weighted by Gasteiger charge is 2.72. The van der Waals surface area contributed by atoms with E-state index in [1.54, 1.807) is 26.0 Å². The third-order valence-corrected chi connectivity index (χ3v) is 4.83.